The van der Waals surface area contributed by atoms with E-state index in [0.29, 0.717) is 5.92 Å². The Morgan fingerprint density at radius 2 is 2.00 bits per heavy atom. The number of para-hydroxylation sites is 1. The molecule has 1 saturated carbocycles. The number of rotatable bonds is 4. The predicted molar refractivity (Wildman–Crippen MR) is 69.7 cm³/mol. The molecule has 0 saturated heterocycles. The van der Waals surface area contributed by atoms with Crippen molar-refractivity contribution in [3.05, 3.63) is 29.8 Å². The monoisotopic (exact) mass is 232 g/mol. The molecule has 3 N–H and O–H groups in total. The third-order valence-electron chi connectivity index (χ3n) is 3.63. The molecule has 92 valence electrons. The first-order valence-electron chi connectivity index (χ1n) is 6.30. The van der Waals surface area contributed by atoms with Crippen molar-refractivity contribution >= 4 is 11.6 Å². The lowest BCUT2D eigenvalue weighted by atomic mass is 9.97. The van der Waals surface area contributed by atoms with Gasteiger partial charge in [0.2, 0.25) is 5.91 Å². The van der Waals surface area contributed by atoms with Crippen LogP contribution in [0.4, 0.5) is 5.69 Å². The lowest BCUT2D eigenvalue weighted by Crippen LogP contribution is -2.40. The predicted octanol–water partition coefficient (Wildman–Crippen LogP) is 2.45. The number of carbonyl (C=O) groups excluding carboxylic acids is 1. The SMILES string of the molecule is Cc1ccccc1NC(C(N)=O)C1CCCC1. The Morgan fingerprint density at radius 1 is 1.35 bits per heavy atom. The molecule has 1 aliphatic carbocycles. The van der Waals surface area contributed by atoms with Gasteiger partial charge in [0.05, 0.1) is 0 Å². The van der Waals surface area contributed by atoms with Crippen LogP contribution in [-0.4, -0.2) is 11.9 Å². The zero-order valence-corrected chi connectivity index (χ0v) is 10.3. The van der Waals surface area contributed by atoms with Gasteiger partial charge in [0.15, 0.2) is 0 Å². The standard InChI is InChI=1S/C14H20N2O/c1-10-6-2-5-9-12(10)16-13(14(15)17)11-7-3-4-8-11/h2,5-6,9,11,13,16H,3-4,7-8H2,1H3,(H2,15,17). The van der Waals surface area contributed by atoms with E-state index in [1.165, 1.54) is 12.8 Å². The van der Waals surface area contributed by atoms with Crippen LogP contribution in [0.25, 0.3) is 0 Å². The van der Waals surface area contributed by atoms with Gasteiger partial charge in [0.1, 0.15) is 6.04 Å². The van der Waals surface area contributed by atoms with Crippen LogP contribution < -0.4 is 11.1 Å². The summed E-state index contributed by atoms with van der Waals surface area (Å²) in [6, 6.07) is 7.78. The summed E-state index contributed by atoms with van der Waals surface area (Å²) in [7, 11) is 0. The zero-order chi connectivity index (χ0) is 12.3. The number of hydrogen-bond donors (Lipinski definition) is 2. The Morgan fingerprint density at radius 3 is 2.59 bits per heavy atom. The smallest absolute Gasteiger partial charge is 0.240 e. The molecule has 0 spiro atoms. The Kier molecular flexibility index (Phi) is 3.67. The molecule has 0 radical (unpaired) electrons. The number of hydrogen-bond acceptors (Lipinski definition) is 2. The average molecular weight is 232 g/mol. The minimum Gasteiger partial charge on any atom is -0.373 e. The molecule has 1 aromatic rings. The molecule has 0 bridgehead atoms. The lowest BCUT2D eigenvalue weighted by Gasteiger charge is -2.23. The van der Waals surface area contributed by atoms with Crippen molar-refractivity contribution in [1.82, 2.24) is 0 Å². The van der Waals surface area contributed by atoms with Crippen molar-refractivity contribution in [1.29, 1.82) is 0 Å². The first-order valence-corrected chi connectivity index (χ1v) is 6.30. The Bertz CT molecular complexity index is 397. The van der Waals surface area contributed by atoms with Crippen molar-refractivity contribution in [3.8, 4) is 0 Å². The van der Waals surface area contributed by atoms with Crippen molar-refractivity contribution in [3.63, 3.8) is 0 Å². The fraction of sp³-hybridized carbons (Fsp3) is 0.500. The number of primary amides is 1. The number of aryl methyl sites for hydroxylation is 1. The summed E-state index contributed by atoms with van der Waals surface area (Å²) in [5.74, 6) is 0.159. The van der Waals surface area contributed by atoms with Crippen LogP contribution >= 0.6 is 0 Å². The van der Waals surface area contributed by atoms with Gasteiger partial charge in [-0.05, 0) is 37.3 Å². The van der Waals surface area contributed by atoms with Gasteiger partial charge >= 0.3 is 0 Å². The van der Waals surface area contributed by atoms with Gasteiger partial charge < -0.3 is 11.1 Å². The number of nitrogens with one attached hydrogen (secondary N) is 1. The van der Waals surface area contributed by atoms with E-state index in [0.717, 1.165) is 24.1 Å². The second kappa shape index (κ2) is 5.21. The Hall–Kier alpha value is -1.51. The van der Waals surface area contributed by atoms with Gasteiger partial charge in [-0.25, -0.2) is 0 Å². The van der Waals surface area contributed by atoms with Crippen LogP contribution in [0.1, 0.15) is 31.2 Å². The van der Waals surface area contributed by atoms with E-state index in [-0.39, 0.29) is 11.9 Å². The van der Waals surface area contributed by atoms with Gasteiger partial charge in [-0.2, -0.15) is 0 Å². The minimum atomic E-state index is -0.236. The molecule has 1 aromatic carbocycles. The Labute approximate surface area is 102 Å². The number of carbonyl (C=O) groups is 1. The largest absolute Gasteiger partial charge is 0.373 e. The van der Waals surface area contributed by atoms with Crippen LogP contribution in [-0.2, 0) is 4.79 Å². The number of anilines is 1. The fourth-order valence-electron chi connectivity index (χ4n) is 2.61. The molecule has 17 heavy (non-hydrogen) atoms. The van der Waals surface area contributed by atoms with Crippen LogP contribution in [0.2, 0.25) is 0 Å². The summed E-state index contributed by atoms with van der Waals surface area (Å²) in [4.78, 5) is 11.6. The molecule has 2 rings (SSSR count). The minimum absolute atomic E-state index is 0.224. The van der Waals surface area contributed by atoms with E-state index in [9.17, 15) is 4.79 Å². The van der Waals surface area contributed by atoms with E-state index >= 15 is 0 Å². The molecule has 0 aliphatic heterocycles. The molecule has 3 heteroatoms. The van der Waals surface area contributed by atoms with E-state index < -0.39 is 0 Å². The van der Waals surface area contributed by atoms with E-state index in [4.69, 9.17) is 5.73 Å². The number of nitrogens with two attached hydrogens (primary N) is 1. The molecule has 1 unspecified atom stereocenters. The quantitative estimate of drug-likeness (QED) is 0.837. The molecule has 1 amide bonds. The topological polar surface area (TPSA) is 55.1 Å². The first kappa shape index (κ1) is 12.0. The normalized spacial score (nSPS) is 17.9. The third kappa shape index (κ3) is 2.78. The van der Waals surface area contributed by atoms with Crippen LogP contribution in [0.3, 0.4) is 0 Å². The van der Waals surface area contributed by atoms with Gasteiger partial charge in [-0.15, -0.1) is 0 Å². The Balaban J connectivity index is 2.12. The van der Waals surface area contributed by atoms with E-state index in [2.05, 4.69) is 5.32 Å². The second-order valence-electron chi connectivity index (χ2n) is 4.88. The van der Waals surface area contributed by atoms with Crippen molar-refractivity contribution in [2.45, 2.75) is 38.6 Å². The molecular weight excluding hydrogens is 212 g/mol. The summed E-state index contributed by atoms with van der Waals surface area (Å²) < 4.78 is 0. The highest BCUT2D eigenvalue weighted by atomic mass is 16.1. The summed E-state index contributed by atoms with van der Waals surface area (Å²) in [6.07, 6.45) is 4.63. The summed E-state index contributed by atoms with van der Waals surface area (Å²) >= 11 is 0. The van der Waals surface area contributed by atoms with Crippen LogP contribution in [0.5, 0.6) is 0 Å². The molecular formula is C14H20N2O. The molecule has 1 atom stereocenters. The van der Waals surface area contributed by atoms with Crippen molar-refractivity contribution in [2.24, 2.45) is 11.7 Å². The first-order chi connectivity index (χ1) is 8.18. The molecule has 0 heterocycles. The van der Waals surface area contributed by atoms with E-state index in [1.54, 1.807) is 0 Å². The summed E-state index contributed by atoms with van der Waals surface area (Å²) in [5, 5.41) is 3.31. The average Bonchev–Trinajstić information content (AvgIpc) is 2.81. The van der Waals surface area contributed by atoms with E-state index in [1.807, 2.05) is 31.2 Å². The summed E-state index contributed by atoms with van der Waals surface area (Å²) in [6.45, 7) is 2.04. The van der Waals surface area contributed by atoms with Gasteiger partial charge in [0.25, 0.3) is 0 Å². The zero-order valence-electron chi connectivity index (χ0n) is 10.3. The highest BCUT2D eigenvalue weighted by Gasteiger charge is 2.29. The number of amides is 1. The van der Waals surface area contributed by atoms with Gasteiger partial charge in [-0.1, -0.05) is 31.0 Å². The maximum atomic E-state index is 11.6. The van der Waals surface area contributed by atoms with Crippen LogP contribution in [0, 0.1) is 12.8 Å². The van der Waals surface area contributed by atoms with Crippen molar-refractivity contribution in [2.75, 3.05) is 5.32 Å². The van der Waals surface area contributed by atoms with Gasteiger partial charge in [0, 0.05) is 5.69 Å². The fourth-order valence-corrected chi connectivity index (χ4v) is 2.61. The van der Waals surface area contributed by atoms with Crippen molar-refractivity contribution < 1.29 is 4.79 Å². The molecule has 1 fully saturated rings. The van der Waals surface area contributed by atoms with Crippen LogP contribution in [0.15, 0.2) is 24.3 Å². The summed E-state index contributed by atoms with van der Waals surface area (Å²) in [5.41, 5.74) is 7.68. The van der Waals surface area contributed by atoms with Gasteiger partial charge in [-0.3, -0.25) is 4.79 Å². The number of benzene rings is 1. The maximum Gasteiger partial charge on any atom is 0.240 e. The maximum absolute atomic E-state index is 11.6. The molecule has 0 aromatic heterocycles. The highest BCUT2D eigenvalue weighted by Crippen LogP contribution is 2.29. The second-order valence-corrected chi connectivity index (χ2v) is 4.88. The lowest BCUT2D eigenvalue weighted by molar-refractivity contribution is -0.119. The third-order valence-corrected chi connectivity index (χ3v) is 3.63. The highest BCUT2D eigenvalue weighted by molar-refractivity contribution is 5.83. The molecule has 1 aliphatic rings. The molecule has 3 nitrogen and oxygen atoms in total.